The second-order valence-corrected chi connectivity index (χ2v) is 7.48. The highest BCUT2D eigenvalue weighted by molar-refractivity contribution is 6.40. The van der Waals surface area contributed by atoms with Gasteiger partial charge in [0, 0.05) is 18.6 Å². The Morgan fingerprint density at radius 1 is 1.11 bits per heavy atom. The highest BCUT2D eigenvalue weighted by Crippen LogP contribution is 2.30. The molecule has 0 atom stereocenters. The number of hydrogen-bond acceptors (Lipinski definition) is 8. The summed E-state index contributed by atoms with van der Waals surface area (Å²) >= 11 is 0. The van der Waals surface area contributed by atoms with Crippen molar-refractivity contribution in [2.75, 3.05) is 11.1 Å². The smallest absolute Gasteiger partial charge is 1.00 e. The first-order valence-electron chi connectivity index (χ1n) is 10.1. The maximum atomic E-state index is 13.1. The molecule has 11 nitrogen and oxygen atoms in total. The van der Waals surface area contributed by atoms with E-state index in [-0.39, 0.29) is 55.5 Å². The third-order valence-corrected chi connectivity index (χ3v) is 5.05. The van der Waals surface area contributed by atoms with E-state index in [0.29, 0.717) is 17.1 Å². The largest absolute Gasteiger partial charge is 1.00 e. The minimum Gasteiger partial charge on any atom is -1.00 e. The number of carbonyl (C=O) groups excluding carboxylic acids is 2. The van der Waals surface area contributed by atoms with Crippen molar-refractivity contribution in [1.29, 1.82) is 0 Å². The van der Waals surface area contributed by atoms with Gasteiger partial charge in [0.2, 0.25) is 0 Å². The lowest BCUT2D eigenvalue weighted by molar-refractivity contribution is -0.144. The van der Waals surface area contributed by atoms with Crippen molar-refractivity contribution in [3.63, 3.8) is 0 Å². The van der Waals surface area contributed by atoms with E-state index in [9.17, 15) is 22.8 Å². The molecule has 0 saturated carbocycles. The fraction of sp³-hybridized carbons (Fsp3) is 0.190. The number of aromatic nitrogens is 6. The Morgan fingerprint density at radius 2 is 1.83 bits per heavy atom. The summed E-state index contributed by atoms with van der Waals surface area (Å²) in [7, 11) is 0. The van der Waals surface area contributed by atoms with E-state index in [1.54, 1.807) is 6.07 Å². The number of carbonyl (C=O) groups is 2. The molecule has 0 aliphatic heterocycles. The number of aryl methyl sites for hydroxylation is 1. The normalized spacial score (nSPS) is 11.1. The van der Waals surface area contributed by atoms with Crippen LogP contribution in [0.25, 0.3) is 10.9 Å². The number of fused-ring (bicyclic) bond motifs is 1. The summed E-state index contributed by atoms with van der Waals surface area (Å²) in [4.78, 5) is 43.0. The molecule has 0 saturated heterocycles. The molecule has 0 unspecified atom stereocenters. The van der Waals surface area contributed by atoms with Gasteiger partial charge in [0.1, 0.15) is 11.6 Å². The molecule has 0 aliphatic carbocycles. The summed E-state index contributed by atoms with van der Waals surface area (Å²) in [5.41, 5.74) is 5.79. The Hall–Kier alpha value is -4.33. The van der Waals surface area contributed by atoms with Crippen LogP contribution >= 0.6 is 0 Å². The van der Waals surface area contributed by atoms with Crippen molar-refractivity contribution >= 4 is 34.2 Å². The summed E-state index contributed by atoms with van der Waals surface area (Å²) in [6.45, 7) is 0.997. The molecule has 4 heterocycles. The average molecular weight is 522 g/mol. The number of nitrogens with zero attached hydrogens (tertiary/aromatic N) is 6. The number of H-pyrrole nitrogens is 1. The standard InChI is InChI=1S/C21H18F3N9O2.ClH/c1-11-5-12(21(22,23)24)6-28-15(11)9-33(10-16-26-3-2-4-27-16)20(35)19(34)31-14-8-29-18(25)13-7-30-32-17(13)14;/h2-8H,9-10H2,1H3,(H2,25,29)(H,30,32)(H,31,34);1H. The van der Waals surface area contributed by atoms with Crippen LogP contribution in [0.3, 0.4) is 0 Å². The molecule has 0 spiro atoms. The van der Waals surface area contributed by atoms with Gasteiger partial charge in [0.25, 0.3) is 0 Å². The van der Waals surface area contributed by atoms with Gasteiger partial charge in [0.15, 0.2) is 0 Å². The Morgan fingerprint density at radius 3 is 2.50 bits per heavy atom. The SMILES string of the molecule is Cc1cc(C(F)(F)F)cnc1CN(Cc1ncccn1)C(=O)C(=O)Nc1cnc(N)c2cn[nH]c12.[Cl-].[H+]. The lowest BCUT2D eigenvalue weighted by atomic mass is 10.1. The van der Waals surface area contributed by atoms with Crippen LogP contribution in [0, 0.1) is 6.92 Å². The molecule has 0 fully saturated rings. The van der Waals surface area contributed by atoms with Crippen molar-refractivity contribution in [3.8, 4) is 0 Å². The minimum atomic E-state index is -4.56. The molecule has 2 amide bonds. The molecule has 4 rings (SSSR count). The fourth-order valence-corrected chi connectivity index (χ4v) is 3.25. The number of rotatable bonds is 5. The quantitative estimate of drug-likeness (QED) is 0.292. The number of alkyl halides is 3. The maximum Gasteiger partial charge on any atom is 1.00 e. The number of anilines is 2. The summed E-state index contributed by atoms with van der Waals surface area (Å²) in [6, 6.07) is 2.51. The zero-order chi connectivity index (χ0) is 25.2. The van der Waals surface area contributed by atoms with Crippen molar-refractivity contribution in [2.45, 2.75) is 26.2 Å². The van der Waals surface area contributed by atoms with E-state index < -0.39 is 23.6 Å². The average Bonchev–Trinajstić information content (AvgIpc) is 3.32. The van der Waals surface area contributed by atoms with Crippen LogP contribution in [0.2, 0.25) is 0 Å². The van der Waals surface area contributed by atoms with Gasteiger partial charge >= 0.3 is 19.4 Å². The van der Waals surface area contributed by atoms with E-state index in [1.807, 2.05) is 0 Å². The molecule has 0 radical (unpaired) electrons. The van der Waals surface area contributed by atoms with E-state index >= 15 is 0 Å². The first-order chi connectivity index (χ1) is 16.6. The predicted molar refractivity (Wildman–Crippen MR) is 118 cm³/mol. The number of amides is 2. The molecular weight excluding hydrogens is 503 g/mol. The molecule has 4 aromatic rings. The number of halogens is 4. The van der Waals surface area contributed by atoms with Crippen molar-refractivity contribution < 1.29 is 36.6 Å². The van der Waals surface area contributed by atoms with Crippen LogP contribution in [0.4, 0.5) is 24.7 Å². The number of nitrogen functional groups attached to an aromatic ring is 1. The van der Waals surface area contributed by atoms with Crippen LogP contribution in [-0.4, -0.2) is 46.8 Å². The van der Waals surface area contributed by atoms with Gasteiger partial charge in [-0.05, 0) is 24.6 Å². The molecule has 4 aromatic heterocycles. The fourth-order valence-electron chi connectivity index (χ4n) is 3.25. The summed E-state index contributed by atoms with van der Waals surface area (Å²) < 4.78 is 39.0. The minimum absolute atomic E-state index is 0. The topological polar surface area (TPSA) is 156 Å². The van der Waals surface area contributed by atoms with Gasteiger partial charge in [-0.25, -0.2) is 15.0 Å². The van der Waals surface area contributed by atoms with Gasteiger partial charge in [-0.2, -0.15) is 18.3 Å². The number of nitrogens with two attached hydrogens (primary N) is 1. The Balaban J connectivity index is 0.00000241. The van der Waals surface area contributed by atoms with E-state index in [2.05, 4.69) is 35.5 Å². The number of aromatic amines is 1. The van der Waals surface area contributed by atoms with Gasteiger partial charge in [-0.1, -0.05) is 0 Å². The van der Waals surface area contributed by atoms with Gasteiger partial charge in [0.05, 0.1) is 53.3 Å². The molecule has 0 bridgehead atoms. The van der Waals surface area contributed by atoms with E-state index in [1.165, 1.54) is 31.7 Å². The first kappa shape index (κ1) is 26.3. The zero-order valence-electron chi connectivity index (χ0n) is 19.5. The highest BCUT2D eigenvalue weighted by Gasteiger charge is 2.32. The van der Waals surface area contributed by atoms with Crippen molar-refractivity contribution in [3.05, 3.63) is 65.8 Å². The zero-order valence-corrected chi connectivity index (χ0v) is 19.3. The first-order valence-corrected chi connectivity index (χ1v) is 10.1. The van der Waals surface area contributed by atoms with Crippen LogP contribution in [0.5, 0.6) is 0 Å². The molecular formula is C21H19ClF3N9O2. The van der Waals surface area contributed by atoms with Gasteiger partial charge in [-0.15, -0.1) is 0 Å². The summed E-state index contributed by atoms with van der Waals surface area (Å²) in [5, 5.41) is 9.45. The predicted octanol–water partition coefficient (Wildman–Crippen LogP) is -0.664. The maximum absolute atomic E-state index is 13.1. The second-order valence-electron chi connectivity index (χ2n) is 7.48. The van der Waals surface area contributed by atoms with Crippen molar-refractivity contribution in [2.24, 2.45) is 0 Å². The van der Waals surface area contributed by atoms with Crippen LogP contribution in [0.1, 0.15) is 24.1 Å². The highest BCUT2D eigenvalue weighted by atomic mass is 35.5. The molecule has 4 N–H and O–H groups in total. The number of hydrogen-bond donors (Lipinski definition) is 3. The Labute approximate surface area is 209 Å². The van der Waals surface area contributed by atoms with Crippen LogP contribution in [-0.2, 0) is 28.9 Å². The monoisotopic (exact) mass is 521 g/mol. The van der Waals surface area contributed by atoms with Gasteiger partial charge in [-0.3, -0.25) is 19.7 Å². The third-order valence-electron chi connectivity index (χ3n) is 5.05. The molecule has 0 aliphatic rings. The summed E-state index contributed by atoms with van der Waals surface area (Å²) in [6.07, 6.45) is 1.73. The second kappa shape index (κ2) is 10.5. The van der Waals surface area contributed by atoms with Crippen LogP contribution in [0.15, 0.2) is 43.1 Å². The van der Waals surface area contributed by atoms with Crippen LogP contribution < -0.4 is 23.5 Å². The third kappa shape index (κ3) is 5.66. The molecule has 0 aromatic carbocycles. The lowest BCUT2D eigenvalue weighted by Gasteiger charge is -2.22. The Bertz CT molecular complexity index is 1400. The number of nitrogens with one attached hydrogen (secondary N) is 2. The molecule has 36 heavy (non-hydrogen) atoms. The molecule has 15 heteroatoms. The Kier molecular flexibility index (Phi) is 7.68. The van der Waals surface area contributed by atoms with Crippen molar-refractivity contribution in [1.82, 2.24) is 35.0 Å². The van der Waals surface area contributed by atoms with E-state index in [0.717, 1.165) is 11.0 Å². The van der Waals surface area contributed by atoms with Gasteiger partial charge < -0.3 is 28.4 Å². The van der Waals surface area contributed by atoms with E-state index in [4.69, 9.17) is 5.73 Å². The summed E-state index contributed by atoms with van der Waals surface area (Å²) in [5.74, 6) is -1.59. The lowest BCUT2D eigenvalue weighted by Crippen LogP contribution is -3.00. The molecule has 188 valence electrons. The number of pyridine rings is 2.